The number of nitrogens with one attached hydrogen (secondary N) is 1. The van der Waals surface area contributed by atoms with Gasteiger partial charge in [0.05, 0.1) is 23.7 Å². The van der Waals surface area contributed by atoms with Crippen LogP contribution in [-0.2, 0) is 6.42 Å². The third kappa shape index (κ3) is 3.70. The van der Waals surface area contributed by atoms with Gasteiger partial charge < -0.3 is 10.4 Å². The number of aliphatic hydroxyl groups excluding tert-OH is 1. The summed E-state index contributed by atoms with van der Waals surface area (Å²) in [7, 11) is 0. The van der Waals surface area contributed by atoms with Crippen LogP contribution in [-0.4, -0.2) is 33.6 Å². The Kier molecular flexibility index (Phi) is 4.59. The first-order valence-electron chi connectivity index (χ1n) is 7.42. The number of carbonyl (C=O) groups excluding carboxylic acids is 1. The minimum Gasteiger partial charge on any atom is -0.394 e. The number of hydrogen-bond acceptors (Lipinski definition) is 4. The summed E-state index contributed by atoms with van der Waals surface area (Å²) in [6.07, 6.45) is 3.79. The normalized spacial score (nSPS) is 12.0. The highest BCUT2D eigenvalue weighted by atomic mass is 16.3. The van der Waals surface area contributed by atoms with Crippen LogP contribution in [0, 0.1) is 0 Å². The molecule has 2 aromatic carbocycles. The van der Waals surface area contributed by atoms with E-state index >= 15 is 0 Å². The average molecular weight is 307 g/mol. The lowest BCUT2D eigenvalue weighted by molar-refractivity contribution is 0.0916. The summed E-state index contributed by atoms with van der Waals surface area (Å²) in [6, 6.07) is 14.6. The van der Waals surface area contributed by atoms with E-state index in [0.29, 0.717) is 17.5 Å². The molecule has 0 fully saturated rings. The molecule has 1 unspecified atom stereocenters. The Morgan fingerprint density at radius 3 is 2.52 bits per heavy atom. The van der Waals surface area contributed by atoms with Crippen LogP contribution in [0.1, 0.15) is 15.9 Å². The Bertz CT molecular complexity index is 805. The second-order valence-corrected chi connectivity index (χ2v) is 5.30. The van der Waals surface area contributed by atoms with Crippen molar-refractivity contribution in [3.63, 3.8) is 0 Å². The second kappa shape index (κ2) is 6.98. The van der Waals surface area contributed by atoms with Gasteiger partial charge in [0, 0.05) is 18.0 Å². The summed E-state index contributed by atoms with van der Waals surface area (Å²) in [4.78, 5) is 20.8. The van der Waals surface area contributed by atoms with Crippen LogP contribution in [0.5, 0.6) is 0 Å². The van der Waals surface area contributed by atoms with Crippen molar-refractivity contribution in [2.45, 2.75) is 12.5 Å². The Labute approximate surface area is 134 Å². The highest BCUT2D eigenvalue weighted by Gasteiger charge is 2.14. The van der Waals surface area contributed by atoms with Crippen molar-refractivity contribution < 1.29 is 9.90 Å². The van der Waals surface area contributed by atoms with Crippen LogP contribution >= 0.6 is 0 Å². The van der Waals surface area contributed by atoms with Crippen molar-refractivity contribution >= 4 is 16.9 Å². The Morgan fingerprint density at radius 1 is 1.04 bits per heavy atom. The molecule has 0 saturated carbocycles. The summed E-state index contributed by atoms with van der Waals surface area (Å²) in [6.45, 7) is -0.117. The van der Waals surface area contributed by atoms with Crippen molar-refractivity contribution in [1.29, 1.82) is 0 Å². The molecule has 1 heterocycles. The molecule has 23 heavy (non-hydrogen) atoms. The zero-order valence-corrected chi connectivity index (χ0v) is 12.5. The van der Waals surface area contributed by atoms with E-state index in [2.05, 4.69) is 15.3 Å². The number of nitrogens with zero attached hydrogens (tertiary/aromatic N) is 2. The Hall–Kier alpha value is -2.79. The van der Waals surface area contributed by atoms with Gasteiger partial charge in [-0.15, -0.1) is 0 Å². The fraction of sp³-hybridized carbons (Fsp3) is 0.167. The molecule has 0 aliphatic carbocycles. The fourth-order valence-electron chi connectivity index (χ4n) is 2.43. The number of hydrogen-bond donors (Lipinski definition) is 2. The van der Waals surface area contributed by atoms with E-state index in [1.807, 2.05) is 30.3 Å². The highest BCUT2D eigenvalue weighted by molar-refractivity contribution is 5.97. The molecule has 5 heteroatoms. The summed E-state index contributed by atoms with van der Waals surface area (Å²) >= 11 is 0. The highest BCUT2D eigenvalue weighted by Crippen LogP contribution is 2.11. The van der Waals surface area contributed by atoms with Gasteiger partial charge in [-0.25, -0.2) is 0 Å². The lowest BCUT2D eigenvalue weighted by Gasteiger charge is -2.16. The molecule has 3 aromatic rings. The maximum atomic E-state index is 12.4. The number of amides is 1. The van der Waals surface area contributed by atoms with Gasteiger partial charge in [0.1, 0.15) is 0 Å². The zero-order chi connectivity index (χ0) is 16.1. The second-order valence-electron chi connectivity index (χ2n) is 5.30. The topological polar surface area (TPSA) is 75.1 Å². The first-order chi connectivity index (χ1) is 11.3. The molecule has 1 amide bonds. The first kappa shape index (κ1) is 15.1. The quantitative estimate of drug-likeness (QED) is 0.755. The zero-order valence-electron chi connectivity index (χ0n) is 12.5. The van der Waals surface area contributed by atoms with Crippen LogP contribution in [0.25, 0.3) is 11.0 Å². The van der Waals surface area contributed by atoms with Crippen molar-refractivity contribution in [2.24, 2.45) is 0 Å². The number of carbonyl (C=O) groups is 1. The lowest BCUT2D eigenvalue weighted by atomic mass is 10.1. The number of aromatic nitrogens is 2. The fourth-order valence-corrected chi connectivity index (χ4v) is 2.43. The largest absolute Gasteiger partial charge is 0.394 e. The maximum absolute atomic E-state index is 12.4. The monoisotopic (exact) mass is 307 g/mol. The number of rotatable bonds is 5. The molecule has 0 aliphatic rings. The SMILES string of the molecule is O=C(NC(CO)Cc1ccccc1)c1ccc2nccnc2c1. The van der Waals surface area contributed by atoms with E-state index in [9.17, 15) is 9.90 Å². The molecule has 3 rings (SSSR count). The molecule has 2 N–H and O–H groups in total. The maximum Gasteiger partial charge on any atom is 0.251 e. The molecule has 1 atom stereocenters. The Morgan fingerprint density at radius 2 is 1.78 bits per heavy atom. The van der Waals surface area contributed by atoms with Crippen molar-refractivity contribution in [2.75, 3.05) is 6.61 Å². The molecule has 0 aliphatic heterocycles. The summed E-state index contributed by atoms with van der Waals surface area (Å²) < 4.78 is 0. The number of benzene rings is 2. The van der Waals surface area contributed by atoms with Crippen LogP contribution in [0.2, 0.25) is 0 Å². The molecule has 1 aromatic heterocycles. The molecular weight excluding hydrogens is 290 g/mol. The van der Waals surface area contributed by atoms with E-state index in [-0.39, 0.29) is 18.6 Å². The van der Waals surface area contributed by atoms with Gasteiger partial charge in [0.25, 0.3) is 5.91 Å². The minimum atomic E-state index is -0.331. The minimum absolute atomic E-state index is 0.117. The summed E-state index contributed by atoms with van der Waals surface area (Å²) in [5, 5.41) is 12.4. The predicted octanol–water partition coefficient (Wildman–Crippen LogP) is 1.96. The predicted molar refractivity (Wildman–Crippen MR) is 88.0 cm³/mol. The van der Waals surface area contributed by atoms with Crippen LogP contribution in [0.4, 0.5) is 0 Å². The molecule has 0 spiro atoms. The van der Waals surface area contributed by atoms with Crippen molar-refractivity contribution in [3.05, 3.63) is 72.1 Å². The van der Waals surface area contributed by atoms with Gasteiger partial charge in [-0.1, -0.05) is 30.3 Å². The van der Waals surface area contributed by atoms with Gasteiger partial charge in [0.2, 0.25) is 0 Å². The van der Waals surface area contributed by atoms with E-state index in [1.165, 1.54) is 0 Å². The van der Waals surface area contributed by atoms with Crippen molar-refractivity contribution in [1.82, 2.24) is 15.3 Å². The third-order valence-corrected chi connectivity index (χ3v) is 3.61. The van der Waals surface area contributed by atoms with E-state index in [0.717, 1.165) is 11.1 Å². The number of fused-ring (bicyclic) bond motifs is 1. The van der Waals surface area contributed by atoms with Crippen molar-refractivity contribution in [3.8, 4) is 0 Å². The van der Waals surface area contributed by atoms with Crippen LogP contribution < -0.4 is 5.32 Å². The van der Waals surface area contributed by atoms with Gasteiger partial charge in [-0.05, 0) is 30.2 Å². The molecule has 0 radical (unpaired) electrons. The van der Waals surface area contributed by atoms with E-state index < -0.39 is 0 Å². The number of aliphatic hydroxyl groups is 1. The standard InChI is InChI=1S/C18H17N3O2/c22-12-15(10-13-4-2-1-3-5-13)21-18(23)14-6-7-16-17(11-14)20-9-8-19-16/h1-9,11,15,22H,10,12H2,(H,21,23). The molecule has 116 valence electrons. The first-order valence-corrected chi connectivity index (χ1v) is 7.42. The summed E-state index contributed by atoms with van der Waals surface area (Å²) in [5.41, 5.74) is 2.98. The molecular formula is C18H17N3O2. The van der Waals surface area contributed by atoms with Gasteiger partial charge in [-0.3, -0.25) is 14.8 Å². The Balaban J connectivity index is 1.73. The average Bonchev–Trinajstić information content (AvgIpc) is 2.61. The smallest absolute Gasteiger partial charge is 0.251 e. The van der Waals surface area contributed by atoms with Gasteiger partial charge in [-0.2, -0.15) is 0 Å². The molecule has 0 bridgehead atoms. The molecule has 5 nitrogen and oxygen atoms in total. The van der Waals surface area contributed by atoms with Gasteiger partial charge in [0.15, 0.2) is 0 Å². The van der Waals surface area contributed by atoms with E-state index in [1.54, 1.807) is 30.6 Å². The molecule has 0 saturated heterocycles. The van der Waals surface area contributed by atoms with E-state index in [4.69, 9.17) is 0 Å². The van der Waals surface area contributed by atoms with Crippen LogP contribution in [0.3, 0.4) is 0 Å². The lowest BCUT2D eigenvalue weighted by Crippen LogP contribution is -2.39. The third-order valence-electron chi connectivity index (χ3n) is 3.61. The summed E-state index contributed by atoms with van der Waals surface area (Å²) in [5.74, 6) is -0.229. The van der Waals surface area contributed by atoms with Gasteiger partial charge >= 0.3 is 0 Å². The van der Waals surface area contributed by atoms with Crippen LogP contribution in [0.15, 0.2) is 60.9 Å².